The van der Waals surface area contributed by atoms with Gasteiger partial charge in [-0.2, -0.15) is 16.3 Å². The van der Waals surface area contributed by atoms with Gasteiger partial charge in [-0.25, -0.2) is 0 Å². The van der Waals surface area contributed by atoms with Crippen LogP contribution in [0.15, 0.2) is 21.3 Å². The van der Waals surface area contributed by atoms with E-state index in [1.54, 1.807) is 16.2 Å². The molecule has 1 aliphatic heterocycles. The van der Waals surface area contributed by atoms with Crippen molar-refractivity contribution >= 4 is 17.2 Å². The van der Waals surface area contributed by atoms with Gasteiger partial charge in [-0.05, 0) is 17.9 Å². The Hall–Kier alpha value is -1.73. The van der Waals surface area contributed by atoms with Crippen molar-refractivity contribution in [3.05, 3.63) is 22.7 Å². The first kappa shape index (κ1) is 13.3. The highest BCUT2D eigenvalue weighted by Gasteiger charge is 2.30. The number of nitrogens with zero attached hydrogens (tertiary/aromatic N) is 3. The summed E-state index contributed by atoms with van der Waals surface area (Å²) in [7, 11) is 1.53. The van der Waals surface area contributed by atoms with Gasteiger partial charge in [0.25, 0.3) is 5.89 Å². The maximum absolute atomic E-state index is 11.8. The van der Waals surface area contributed by atoms with Crippen LogP contribution >= 0.6 is 11.3 Å². The molecule has 1 amide bonds. The Morgan fingerprint density at radius 1 is 1.65 bits per heavy atom. The summed E-state index contributed by atoms with van der Waals surface area (Å²) in [6.07, 6.45) is 0.859. The molecule has 106 valence electrons. The summed E-state index contributed by atoms with van der Waals surface area (Å²) in [5.41, 5.74) is 0.944. The van der Waals surface area contributed by atoms with Crippen LogP contribution in [0.1, 0.15) is 18.2 Å². The van der Waals surface area contributed by atoms with Gasteiger partial charge in [0.2, 0.25) is 5.91 Å². The van der Waals surface area contributed by atoms with E-state index in [2.05, 4.69) is 10.1 Å². The van der Waals surface area contributed by atoms with Crippen molar-refractivity contribution in [3.8, 4) is 11.5 Å². The average Bonchev–Trinajstić information content (AvgIpc) is 3.19. The molecule has 0 radical (unpaired) electrons. The van der Waals surface area contributed by atoms with Crippen molar-refractivity contribution in [2.24, 2.45) is 0 Å². The zero-order valence-electron chi connectivity index (χ0n) is 11.1. The molecule has 1 fully saturated rings. The van der Waals surface area contributed by atoms with Gasteiger partial charge >= 0.3 is 0 Å². The molecule has 0 spiro atoms. The summed E-state index contributed by atoms with van der Waals surface area (Å²) in [6, 6.07) is 1.95. The predicted molar refractivity (Wildman–Crippen MR) is 73.4 cm³/mol. The summed E-state index contributed by atoms with van der Waals surface area (Å²) >= 11 is 1.59. The fourth-order valence-corrected chi connectivity index (χ4v) is 2.95. The highest BCUT2D eigenvalue weighted by Crippen LogP contribution is 2.27. The molecule has 2 aromatic rings. The van der Waals surface area contributed by atoms with Crippen LogP contribution in [-0.2, 0) is 9.53 Å². The van der Waals surface area contributed by atoms with Gasteiger partial charge in [0, 0.05) is 31.5 Å². The molecule has 1 saturated heterocycles. The van der Waals surface area contributed by atoms with Crippen molar-refractivity contribution in [2.75, 3.05) is 26.8 Å². The molecule has 0 bridgehead atoms. The summed E-state index contributed by atoms with van der Waals surface area (Å²) in [6.45, 7) is 1.47. The van der Waals surface area contributed by atoms with Crippen LogP contribution in [0.25, 0.3) is 11.5 Å². The molecule has 6 nitrogen and oxygen atoms in total. The van der Waals surface area contributed by atoms with E-state index in [1.807, 2.05) is 16.8 Å². The molecule has 20 heavy (non-hydrogen) atoms. The molecule has 3 heterocycles. The van der Waals surface area contributed by atoms with Crippen LogP contribution in [0.4, 0.5) is 0 Å². The molecule has 0 unspecified atom stereocenters. The van der Waals surface area contributed by atoms with Gasteiger partial charge < -0.3 is 14.2 Å². The Bertz CT molecular complexity index is 581. The van der Waals surface area contributed by atoms with Crippen molar-refractivity contribution in [2.45, 2.75) is 12.3 Å². The normalized spacial score (nSPS) is 18.6. The summed E-state index contributed by atoms with van der Waals surface area (Å²) in [5.74, 6) is 1.38. The van der Waals surface area contributed by atoms with Crippen LogP contribution in [0, 0.1) is 0 Å². The maximum Gasteiger partial charge on any atom is 0.258 e. The number of carbonyl (C=O) groups excluding carboxylic acids is 1. The van der Waals surface area contributed by atoms with Crippen molar-refractivity contribution in [3.63, 3.8) is 0 Å². The standard InChI is InChI=1S/C13H15N3O3S/c1-18-7-11(17)16-4-2-9(6-16)12-14-13(19-15-12)10-3-5-20-8-10/h3,5,8-9H,2,4,6-7H2,1H3/t9-/m0/s1. The van der Waals surface area contributed by atoms with E-state index in [9.17, 15) is 4.79 Å². The van der Waals surface area contributed by atoms with Gasteiger partial charge in [-0.3, -0.25) is 4.79 Å². The van der Waals surface area contributed by atoms with Gasteiger partial charge in [-0.15, -0.1) is 0 Å². The number of amides is 1. The summed E-state index contributed by atoms with van der Waals surface area (Å²) in [5, 5.41) is 7.99. The molecular formula is C13H15N3O3S. The fraction of sp³-hybridized carbons (Fsp3) is 0.462. The number of hydrogen-bond donors (Lipinski definition) is 0. The first-order chi connectivity index (χ1) is 9.78. The smallest absolute Gasteiger partial charge is 0.258 e. The Labute approximate surface area is 120 Å². The number of rotatable bonds is 4. The Kier molecular flexibility index (Phi) is 3.79. The Morgan fingerprint density at radius 3 is 3.30 bits per heavy atom. The first-order valence-electron chi connectivity index (χ1n) is 6.41. The van der Waals surface area contributed by atoms with Gasteiger partial charge in [0.1, 0.15) is 6.61 Å². The monoisotopic (exact) mass is 293 g/mol. The van der Waals surface area contributed by atoms with Crippen molar-refractivity contribution in [1.29, 1.82) is 0 Å². The quantitative estimate of drug-likeness (QED) is 0.859. The average molecular weight is 293 g/mol. The lowest BCUT2D eigenvalue weighted by Gasteiger charge is -2.14. The first-order valence-corrected chi connectivity index (χ1v) is 7.35. The highest BCUT2D eigenvalue weighted by molar-refractivity contribution is 7.08. The second-order valence-corrected chi connectivity index (χ2v) is 5.51. The van der Waals surface area contributed by atoms with Gasteiger partial charge in [0.05, 0.1) is 5.56 Å². The predicted octanol–water partition coefficient (Wildman–Crippen LogP) is 1.76. The molecule has 1 atom stereocenters. The third-order valence-corrected chi connectivity index (χ3v) is 4.07. The fourth-order valence-electron chi connectivity index (χ4n) is 2.32. The number of aromatic nitrogens is 2. The zero-order chi connectivity index (χ0) is 13.9. The van der Waals surface area contributed by atoms with E-state index in [0.717, 1.165) is 18.5 Å². The topological polar surface area (TPSA) is 68.5 Å². The second-order valence-electron chi connectivity index (χ2n) is 4.73. The molecule has 3 rings (SSSR count). The highest BCUT2D eigenvalue weighted by atomic mass is 32.1. The lowest BCUT2D eigenvalue weighted by atomic mass is 10.1. The molecule has 0 saturated carbocycles. The number of hydrogen-bond acceptors (Lipinski definition) is 6. The maximum atomic E-state index is 11.8. The SMILES string of the molecule is COCC(=O)N1CC[C@H](c2noc(-c3ccsc3)n2)C1. The summed E-state index contributed by atoms with van der Waals surface area (Å²) < 4.78 is 10.2. The van der Waals surface area contributed by atoms with Crippen LogP contribution in [-0.4, -0.2) is 47.8 Å². The van der Waals surface area contributed by atoms with E-state index in [-0.39, 0.29) is 18.4 Å². The van der Waals surface area contributed by atoms with E-state index in [0.29, 0.717) is 18.3 Å². The molecule has 0 aliphatic carbocycles. The minimum atomic E-state index is 0.0107. The third kappa shape index (κ3) is 2.59. The molecule has 0 aromatic carbocycles. The van der Waals surface area contributed by atoms with Gasteiger partial charge in [0.15, 0.2) is 5.82 Å². The van der Waals surface area contributed by atoms with Crippen LogP contribution in [0.3, 0.4) is 0 Å². The molecule has 1 aliphatic rings. The van der Waals surface area contributed by atoms with Gasteiger partial charge in [-0.1, -0.05) is 5.16 Å². The van der Waals surface area contributed by atoms with Crippen LogP contribution < -0.4 is 0 Å². The molecular weight excluding hydrogens is 278 g/mol. The lowest BCUT2D eigenvalue weighted by molar-refractivity contribution is -0.134. The second kappa shape index (κ2) is 5.72. The molecule has 7 heteroatoms. The lowest BCUT2D eigenvalue weighted by Crippen LogP contribution is -2.31. The van der Waals surface area contributed by atoms with Crippen molar-refractivity contribution in [1.82, 2.24) is 15.0 Å². The largest absolute Gasteiger partial charge is 0.375 e. The van der Waals surface area contributed by atoms with Crippen LogP contribution in [0.2, 0.25) is 0 Å². The number of ether oxygens (including phenoxy) is 1. The van der Waals surface area contributed by atoms with E-state index in [4.69, 9.17) is 9.26 Å². The minimum absolute atomic E-state index is 0.0107. The minimum Gasteiger partial charge on any atom is -0.375 e. The number of carbonyl (C=O) groups is 1. The van der Waals surface area contributed by atoms with E-state index < -0.39 is 0 Å². The molecule has 2 aromatic heterocycles. The Balaban J connectivity index is 1.68. The zero-order valence-corrected chi connectivity index (χ0v) is 11.9. The van der Waals surface area contributed by atoms with Crippen LogP contribution in [0.5, 0.6) is 0 Å². The number of methoxy groups -OCH3 is 1. The molecule has 0 N–H and O–H groups in total. The third-order valence-electron chi connectivity index (χ3n) is 3.38. The summed E-state index contributed by atoms with van der Waals surface area (Å²) in [4.78, 5) is 18.0. The van der Waals surface area contributed by atoms with Crippen molar-refractivity contribution < 1.29 is 14.1 Å². The number of thiophene rings is 1. The van der Waals surface area contributed by atoms with E-state index in [1.165, 1.54) is 7.11 Å². The number of likely N-dealkylation sites (tertiary alicyclic amines) is 1. The Morgan fingerprint density at radius 2 is 2.55 bits per heavy atom. The van der Waals surface area contributed by atoms with E-state index >= 15 is 0 Å².